The van der Waals surface area contributed by atoms with Gasteiger partial charge < -0.3 is 26.0 Å². The molecule has 0 radical (unpaired) electrons. The number of anilines is 2. The van der Waals surface area contributed by atoms with E-state index in [9.17, 15) is 9.59 Å². The smallest absolute Gasteiger partial charge is 0.338 e. The highest BCUT2D eigenvalue weighted by Gasteiger charge is 2.39. The molecule has 2 fully saturated rings. The van der Waals surface area contributed by atoms with Gasteiger partial charge in [0.05, 0.1) is 57.8 Å². The van der Waals surface area contributed by atoms with Crippen molar-refractivity contribution in [3.8, 4) is 0 Å². The van der Waals surface area contributed by atoms with Crippen molar-refractivity contribution in [1.29, 1.82) is 0 Å². The van der Waals surface area contributed by atoms with Crippen LogP contribution in [0.15, 0.2) is 102 Å². The molecule has 12 nitrogen and oxygen atoms in total. The summed E-state index contributed by atoms with van der Waals surface area (Å²) >= 11 is 3.71. The van der Waals surface area contributed by atoms with Gasteiger partial charge >= 0.3 is 5.97 Å². The van der Waals surface area contributed by atoms with Crippen molar-refractivity contribution in [1.82, 2.24) is 29.5 Å². The van der Waals surface area contributed by atoms with Crippen molar-refractivity contribution < 1.29 is 14.7 Å². The standard InChI is InChI=1S/C26H28BrN7O.C11H10N2O2/c27-20-11-29-25-23(24(20)33-9-8-19(17-6-7-17)21(28)15-33)22(12-30-25)32-26(35)18-10-31-34(14-18)13-16-4-2-1-3-5-16;14-11(15)10-6-12-13(8-10)7-9-4-2-1-3-5-9/h1-5,10-12,14,17,19,21H,6-9,13,15,28H2,(H,29,30)(H,32,35);1-6,8H,7H2,(H,14,15)/t19-,21+;/m1./s1. The van der Waals surface area contributed by atoms with Crippen LogP contribution in [-0.2, 0) is 13.1 Å². The Morgan fingerprint density at radius 3 is 2.10 bits per heavy atom. The average molecular weight is 737 g/mol. The van der Waals surface area contributed by atoms with Gasteiger partial charge in [-0.25, -0.2) is 9.78 Å². The van der Waals surface area contributed by atoms with Crippen LogP contribution in [0.4, 0.5) is 11.4 Å². The molecule has 4 aromatic heterocycles. The van der Waals surface area contributed by atoms with E-state index in [1.54, 1.807) is 28.0 Å². The molecule has 1 saturated heterocycles. The van der Waals surface area contributed by atoms with E-state index in [1.165, 1.54) is 25.2 Å². The SMILES string of the molecule is N[C@H]1CN(c2c(Br)cnc3[nH]cc(NC(=O)c4cnn(Cc5ccccc5)c4)c23)CC[C@@H]1C1CC1.O=C(O)c1cnn(Cc2ccccc2)c1. The van der Waals surface area contributed by atoms with Gasteiger partial charge in [-0.2, -0.15) is 10.2 Å². The summed E-state index contributed by atoms with van der Waals surface area (Å²) in [5, 5.41) is 21.0. The molecule has 1 amide bonds. The number of carboxylic acids is 1. The van der Waals surface area contributed by atoms with Crippen LogP contribution in [0.1, 0.15) is 51.1 Å². The highest BCUT2D eigenvalue weighted by atomic mass is 79.9. The van der Waals surface area contributed by atoms with Crippen LogP contribution in [0.25, 0.3) is 11.0 Å². The number of nitrogens with zero attached hydrogens (tertiary/aromatic N) is 6. The quantitative estimate of drug-likeness (QED) is 0.140. The Balaban J connectivity index is 0.000000219. The molecule has 1 saturated carbocycles. The second kappa shape index (κ2) is 14.7. The van der Waals surface area contributed by atoms with Gasteiger partial charge in [0.2, 0.25) is 0 Å². The van der Waals surface area contributed by atoms with E-state index in [1.807, 2.05) is 66.9 Å². The number of carbonyl (C=O) groups excluding carboxylic acids is 1. The minimum atomic E-state index is -0.950. The Labute approximate surface area is 297 Å². The van der Waals surface area contributed by atoms with Crippen molar-refractivity contribution in [3.63, 3.8) is 0 Å². The second-order valence-corrected chi connectivity index (χ2v) is 13.7. The number of amides is 1. The summed E-state index contributed by atoms with van der Waals surface area (Å²) in [4.78, 5) is 33.8. The number of rotatable bonds is 9. The highest BCUT2D eigenvalue weighted by Crippen LogP contribution is 2.44. The molecule has 2 atom stereocenters. The maximum absolute atomic E-state index is 13.1. The van der Waals surface area contributed by atoms with Crippen molar-refractivity contribution >= 4 is 50.2 Å². The lowest BCUT2D eigenvalue weighted by Crippen LogP contribution is -2.49. The monoisotopic (exact) mass is 735 g/mol. The van der Waals surface area contributed by atoms with E-state index in [0.717, 1.165) is 57.7 Å². The molecule has 1 aliphatic heterocycles. The first-order valence-electron chi connectivity index (χ1n) is 16.7. The maximum Gasteiger partial charge on any atom is 0.338 e. The summed E-state index contributed by atoms with van der Waals surface area (Å²) in [6.07, 6.45) is 13.6. The van der Waals surface area contributed by atoms with Gasteiger partial charge in [-0.1, -0.05) is 60.7 Å². The summed E-state index contributed by atoms with van der Waals surface area (Å²) in [5.74, 6) is 0.257. The van der Waals surface area contributed by atoms with E-state index in [4.69, 9.17) is 10.8 Å². The molecule has 0 spiro atoms. The van der Waals surface area contributed by atoms with Crippen LogP contribution in [0, 0.1) is 11.8 Å². The lowest BCUT2D eigenvalue weighted by Gasteiger charge is -2.39. The molecule has 6 aromatic rings. The molecule has 2 aliphatic rings. The maximum atomic E-state index is 13.1. The first kappa shape index (κ1) is 33.2. The summed E-state index contributed by atoms with van der Waals surface area (Å²) < 4.78 is 4.28. The van der Waals surface area contributed by atoms with Gasteiger partial charge in [-0.05, 0) is 58.2 Å². The fourth-order valence-electron chi connectivity index (χ4n) is 6.64. The average Bonchev–Trinajstić information content (AvgIpc) is 3.45. The van der Waals surface area contributed by atoms with Gasteiger partial charge in [0.1, 0.15) is 5.65 Å². The van der Waals surface area contributed by atoms with Crippen molar-refractivity contribution in [3.05, 3.63) is 125 Å². The van der Waals surface area contributed by atoms with Crippen LogP contribution in [0.5, 0.6) is 0 Å². The number of carbonyl (C=O) groups is 2. The van der Waals surface area contributed by atoms with Gasteiger partial charge in [0.15, 0.2) is 0 Å². The number of nitrogens with one attached hydrogen (secondary N) is 2. The number of nitrogens with two attached hydrogens (primary N) is 1. The Morgan fingerprint density at radius 1 is 0.900 bits per heavy atom. The minimum absolute atomic E-state index is 0.152. The van der Waals surface area contributed by atoms with E-state index in [-0.39, 0.29) is 17.5 Å². The molecule has 5 N–H and O–H groups in total. The molecule has 13 heteroatoms. The lowest BCUT2D eigenvalue weighted by atomic mass is 9.87. The minimum Gasteiger partial charge on any atom is -0.478 e. The van der Waals surface area contributed by atoms with E-state index < -0.39 is 5.97 Å². The normalized spacial score (nSPS) is 17.3. The van der Waals surface area contributed by atoms with E-state index in [2.05, 4.69) is 46.3 Å². The zero-order valence-corrected chi connectivity index (χ0v) is 28.9. The van der Waals surface area contributed by atoms with Crippen molar-refractivity contribution in [2.75, 3.05) is 23.3 Å². The Hall–Kier alpha value is -5.27. The molecule has 256 valence electrons. The van der Waals surface area contributed by atoms with Crippen LogP contribution in [-0.4, -0.2) is 65.6 Å². The molecule has 0 bridgehead atoms. The number of fused-ring (bicyclic) bond motifs is 1. The fourth-order valence-corrected chi connectivity index (χ4v) is 7.19. The summed E-state index contributed by atoms with van der Waals surface area (Å²) in [7, 11) is 0. The van der Waals surface area contributed by atoms with Crippen LogP contribution < -0.4 is 16.0 Å². The fraction of sp³-hybridized carbons (Fsp3) is 0.270. The molecule has 2 aromatic carbocycles. The number of pyridine rings is 1. The molecule has 5 heterocycles. The number of hydrogen-bond donors (Lipinski definition) is 4. The first-order valence-corrected chi connectivity index (χ1v) is 17.4. The highest BCUT2D eigenvalue weighted by molar-refractivity contribution is 9.10. The van der Waals surface area contributed by atoms with Crippen molar-refractivity contribution in [2.45, 2.75) is 38.4 Å². The molecular weight excluding hydrogens is 698 g/mol. The van der Waals surface area contributed by atoms with Gasteiger partial charge in [-0.15, -0.1) is 0 Å². The Bertz CT molecular complexity index is 2090. The predicted octanol–water partition coefficient (Wildman–Crippen LogP) is 6.02. The van der Waals surface area contributed by atoms with Gasteiger partial charge in [0, 0.05) is 43.9 Å². The van der Waals surface area contributed by atoms with Crippen LogP contribution in [0.3, 0.4) is 0 Å². The predicted molar refractivity (Wildman–Crippen MR) is 195 cm³/mol. The molecule has 8 rings (SSSR count). The van der Waals surface area contributed by atoms with E-state index >= 15 is 0 Å². The summed E-state index contributed by atoms with van der Waals surface area (Å²) in [5.41, 5.74) is 12.0. The first-order chi connectivity index (χ1) is 24.3. The Kier molecular flexibility index (Phi) is 9.76. The number of piperidine rings is 1. The number of aromatic amines is 1. The van der Waals surface area contributed by atoms with Crippen LogP contribution >= 0.6 is 15.9 Å². The van der Waals surface area contributed by atoms with Gasteiger partial charge in [-0.3, -0.25) is 14.2 Å². The zero-order valence-electron chi connectivity index (χ0n) is 27.3. The zero-order chi connectivity index (χ0) is 34.6. The number of carboxylic acid groups (broad SMARTS) is 1. The Morgan fingerprint density at radius 2 is 1.52 bits per heavy atom. The third kappa shape index (κ3) is 7.63. The molecule has 0 unspecified atom stereocenters. The number of aromatic nitrogens is 6. The van der Waals surface area contributed by atoms with Crippen LogP contribution in [0.2, 0.25) is 0 Å². The number of halogens is 1. The number of H-pyrrole nitrogens is 1. The molecule has 50 heavy (non-hydrogen) atoms. The number of hydrogen-bond acceptors (Lipinski definition) is 7. The third-order valence-corrected chi connectivity index (χ3v) is 9.87. The molecular formula is C37H38BrN9O3. The summed E-state index contributed by atoms with van der Waals surface area (Å²) in [6, 6.07) is 20.0. The lowest BCUT2D eigenvalue weighted by molar-refractivity contribution is 0.0696. The third-order valence-electron chi connectivity index (χ3n) is 9.29. The van der Waals surface area contributed by atoms with E-state index in [0.29, 0.717) is 30.3 Å². The second-order valence-electron chi connectivity index (χ2n) is 12.9. The van der Waals surface area contributed by atoms with Crippen molar-refractivity contribution in [2.24, 2.45) is 17.6 Å². The summed E-state index contributed by atoms with van der Waals surface area (Å²) in [6.45, 7) is 2.94. The number of aromatic carboxylic acids is 1. The largest absolute Gasteiger partial charge is 0.478 e. The van der Waals surface area contributed by atoms with Gasteiger partial charge in [0.25, 0.3) is 5.91 Å². The molecule has 1 aliphatic carbocycles. The number of benzene rings is 2. The topological polar surface area (TPSA) is 160 Å².